The van der Waals surface area contributed by atoms with E-state index >= 15 is 0 Å². The van der Waals surface area contributed by atoms with Crippen molar-refractivity contribution in [2.75, 3.05) is 0 Å². The van der Waals surface area contributed by atoms with Crippen LogP contribution >= 0.6 is 0 Å². The maximum absolute atomic E-state index is 13.1. The first-order valence-electron chi connectivity index (χ1n) is 6.82. The minimum Gasteiger partial charge on any atom is -0.305 e. The molecule has 0 atom stereocenters. The largest absolute Gasteiger partial charge is 0.418 e. The summed E-state index contributed by atoms with van der Waals surface area (Å²) >= 11 is 0. The summed E-state index contributed by atoms with van der Waals surface area (Å²) in [6, 6.07) is 3.63. The van der Waals surface area contributed by atoms with Crippen molar-refractivity contribution < 1.29 is 13.2 Å². The van der Waals surface area contributed by atoms with Gasteiger partial charge >= 0.3 is 11.9 Å². The van der Waals surface area contributed by atoms with Crippen molar-refractivity contribution in [3.8, 4) is 11.4 Å². The third-order valence-corrected chi connectivity index (χ3v) is 3.61. The number of H-pyrrole nitrogens is 1. The van der Waals surface area contributed by atoms with Crippen LogP contribution in [-0.2, 0) is 13.2 Å². The van der Waals surface area contributed by atoms with E-state index in [1.807, 2.05) is 0 Å². The van der Waals surface area contributed by atoms with Crippen molar-refractivity contribution in [1.82, 2.24) is 29.4 Å². The fraction of sp³-hybridized carbons (Fsp3) is 0.143. The first kappa shape index (κ1) is 14.4. The zero-order valence-electron chi connectivity index (χ0n) is 12.2. The first-order chi connectivity index (χ1) is 11.3. The lowest BCUT2D eigenvalue weighted by Gasteiger charge is -2.09. The quantitative estimate of drug-likeness (QED) is 0.577. The molecule has 4 rings (SSSR count). The Morgan fingerprint density at radius 2 is 2.04 bits per heavy atom. The lowest BCUT2D eigenvalue weighted by Crippen LogP contribution is -2.19. The third kappa shape index (κ3) is 2.07. The molecule has 7 nitrogen and oxygen atoms in total. The number of halogens is 3. The minimum absolute atomic E-state index is 0.0544. The summed E-state index contributed by atoms with van der Waals surface area (Å²) in [5, 5.41) is 8.21. The van der Waals surface area contributed by atoms with Gasteiger partial charge in [-0.25, -0.2) is 9.78 Å². The summed E-state index contributed by atoms with van der Waals surface area (Å²) in [6.07, 6.45) is -1.44. The summed E-state index contributed by atoms with van der Waals surface area (Å²) in [4.78, 5) is 18.6. The van der Waals surface area contributed by atoms with Crippen LogP contribution < -0.4 is 5.69 Å². The standard InChI is InChI=1S/C14H9F3N6O/c1-22-6-7(5-18-22)11-20-12-8-3-2-4-9(14(15,16)17)10(8)19-13(24)23(12)21-11/h2-6H,1H3,(H,19,24). The predicted octanol–water partition coefficient (Wildman–Crippen LogP) is 1.99. The highest BCUT2D eigenvalue weighted by atomic mass is 19.4. The molecule has 0 radical (unpaired) electrons. The molecule has 4 aromatic rings. The van der Waals surface area contributed by atoms with Crippen LogP contribution in [0.2, 0.25) is 0 Å². The second-order valence-electron chi connectivity index (χ2n) is 5.23. The number of aromatic amines is 1. The fourth-order valence-electron chi connectivity index (χ4n) is 2.56. The number of para-hydroxylation sites is 1. The third-order valence-electron chi connectivity index (χ3n) is 3.61. The van der Waals surface area contributed by atoms with E-state index in [0.717, 1.165) is 10.6 Å². The highest BCUT2D eigenvalue weighted by Crippen LogP contribution is 2.34. The van der Waals surface area contributed by atoms with Gasteiger partial charge in [-0.15, -0.1) is 5.10 Å². The van der Waals surface area contributed by atoms with Crippen molar-refractivity contribution in [2.24, 2.45) is 7.05 Å². The monoisotopic (exact) mass is 334 g/mol. The van der Waals surface area contributed by atoms with Gasteiger partial charge < -0.3 is 4.98 Å². The van der Waals surface area contributed by atoms with Crippen LogP contribution in [0, 0.1) is 0 Å². The second-order valence-corrected chi connectivity index (χ2v) is 5.23. The van der Waals surface area contributed by atoms with E-state index in [1.54, 1.807) is 13.2 Å². The minimum atomic E-state index is -4.59. The Labute approximate surface area is 131 Å². The Morgan fingerprint density at radius 3 is 2.71 bits per heavy atom. The number of rotatable bonds is 1. The van der Waals surface area contributed by atoms with E-state index < -0.39 is 17.4 Å². The first-order valence-corrected chi connectivity index (χ1v) is 6.82. The summed E-state index contributed by atoms with van der Waals surface area (Å²) in [6.45, 7) is 0. The van der Waals surface area contributed by atoms with Gasteiger partial charge in [-0.2, -0.15) is 22.8 Å². The second kappa shape index (κ2) is 4.66. The molecule has 1 N–H and O–H groups in total. The normalized spacial score (nSPS) is 12.3. The van der Waals surface area contributed by atoms with Crippen LogP contribution in [-0.4, -0.2) is 29.4 Å². The van der Waals surface area contributed by atoms with E-state index in [9.17, 15) is 18.0 Å². The van der Waals surface area contributed by atoms with E-state index in [-0.39, 0.29) is 22.4 Å². The highest BCUT2D eigenvalue weighted by Gasteiger charge is 2.33. The van der Waals surface area contributed by atoms with Crippen molar-refractivity contribution >= 4 is 16.6 Å². The average molecular weight is 334 g/mol. The molecule has 3 aromatic heterocycles. The van der Waals surface area contributed by atoms with Crippen LogP contribution in [0.25, 0.3) is 27.9 Å². The summed E-state index contributed by atoms with van der Waals surface area (Å²) in [7, 11) is 1.71. The van der Waals surface area contributed by atoms with Crippen LogP contribution in [0.5, 0.6) is 0 Å². The highest BCUT2D eigenvalue weighted by molar-refractivity contribution is 5.93. The summed E-state index contributed by atoms with van der Waals surface area (Å²) < 4.78 is 41.9. The molecule has 24 heavy (non-hydrogen) atoms. The average Bonchev–Trinajstić information content (AvgIpc) is 3.12. The molecule has 10 heteroatoms. The van der Waals surface area contributed by atoms with Crippen LogP contribution in [0.15, 0.2) is 35.4 Å². The van der Waals surface area contributed by atoms with Crippen molar-refractivity contribution in [2.45, 2.75) is 6.18 Å². The van der Waals surface area contributed by atoms with Crippen molar-refractivity contribution in [3.63, 3.8) is 0 Å². The van der Waals surface area contributed by atoms with Crippen LogP contribution in [0.4, 0.5) is 13.2 Å². The van der Waals surface area contributed by atoms with E-state index in [0.29, 0.717) is 5.56 Å². The van der Waals surface area contributed by atoms with Crippen LogP contribution in [0.1, 0.15) is 5.56 Å². The molecular formula is C14H9F3N6O. The lowest BCUT2D eigenvalue weighted by atomic mass is 10.1. The van der Waals surface area contributed by atoms with Gasteiger partial charge in [0, 0.05) is 18.6 Å². The molecule has 0 spiro atoms. The van der Waals surface area contributed by atoms with E-state index in [1.165, 1.54) is 23.0 Å². The molecule has 0 fully saturated rings. The Kier molecular flexibility index (Phi) is 2.80. The lowest BCUT2D eigenvalue weighted by molar-refractivity contribution is -0.136. The molecule has 122 valence electrons. The van der Waals surface area contributed by atoms with Gasteiger partial charge in [0.25, 0.3) is 0 Å². The number of hydrogen-bond donors (Lipinski definition) is 1. The number of benzene rings is 1. The summed E-state index contributed by atoms with van der Waals surface area (Å²) in [5.74, 6) is 0.207. The van der Waals surface area contributed by atoms with Gasteiger partial charge in [0.1, 0.15) is 0 Å². The maximum atomic E-state index is 13.1. The Bertz CT molecular complexity index is 1140. The zero-order valence-corrected chi connectivity index (χ0v) is 12.2. The molecule has 0 bridgehead atoms. The van der Waals surface area contributed by atoms with Gasteiger partial charge in [0.05, 0.1) is 22.8 Å². The van der Waals surface area contributed by atoms with Crippen molar-refractivity contribution in [3.05, 3.63) is 46.6 Å². The molecule has 0 unspecified atom stereocenters. The number of nitrogens with one attached hydrogen (secondary N) is 1. The number of hydrogen-bond acceptors (Lipinski definition) is 4. The van der Waals surface area contributed by atoms with Gasteiger partial charge in [0.15, 0.2) is 11.5 Å². The van der Waals surface area contributed by atoms with E-state index in [4.69, 9.17) is 0 Å². The van der Waals surface area contributed by atoms with Gasteiger partial charge in [-0.1, -0.05) is 6.07 Å². The topological polar surface area (TPSA) is 80.9 Å². The van der Waals surface area contributed by atoms with Gasteiger partial charge in [-0.05, 0) is 12.1 Å². The Balaban J connectivity index is 2.08. The van der Waals surface area contributed by atoms with Crippen molar-refractivity contribution in [1.29, 1.82) is 0 Å². The van der Waals surface area contributed by atoms with Gasteiger partial charge in [-0.3, -0.25) is 4.68 Å². The Morgan fingerprint density at radius 1 is 1.25 bits per heavy atom. The number of fused-ring (bicyclic) bond motifs is 3. The number of alkyl halides is 3. The molecular weight excluding hydrogens is 325 g/mol. The Hall–Kier alpha value is -3.17. The fourth-order valence-corrected chi connectivity index (χ4v) is 2.56. The molecule has 0 aliphatic rings. The molecule has 0 aliphatic heterocycles. The molecule has 1 aromatic carbocycles. The van der Waals surface area contributed by atoms with E-state index in [2.05, 4.69) is 20.2 Å². The zero-order chi connectivity index (χ0) is 17.1. The molecule has 3 heterocycles. The number of aryl methyl sites for hydroxylation is 1. The SMILES string of the molecule is Cn1cc(-c2nc3c4cccc(C(F)(F)F)c4[nH]c(=O)n3n2)cn1. The smallest absolute Gasteiger partial charge is 0.305 e. The number of nitrogens with zero attached hydrogens (tertiary/aromatic N) is 5. The van der Waals surface area contributed by atoms with Gasteiger partial charge in [0.2, 0.25) is 0 Å². The predicted molar refractivity (Wildman–Crippen MR) is 78.3 cm³/mol. The summed E-state index contributed by atoms with van der Waals surface area (Å²) in [5.41, 5.74) is -1.42. The maximum Gasteiger partial charge on any atom is 0.418 e. The van der Waals surface area contributed by atoms with Crippen LogP contribution in [0.3, 0.4) is 0 Å². The molecule has 0 aliphatic carbocycles. The molecule has 0 saturated carbocycles. The molecule has 0 amide bonds. The number of aromatic nitrogens is 6. The molecule has 0 saturated heterocycles.